The molecule has 1 aliphatic heterocycles. The average Bonchev–Trinajstić information content (AvgIpc) is 2.87. The Bertz CT molecular complexity index is 1520. The highest BCUT2D eigenvalue weighted by molar-refractivity contribution is 7.91. The summed E-state index contributed by atoms with van der Waals surface area (Å²) in [6, 6.07) is 20.9. The Morgan fingerprint density at radius 2 is 1.52 bits per heavy atom. The van der Waals surface area contributed by atoms with Crippen molar-refractivity contribution in [1.29, 1.82) is 0 Å². The molecule has 0 spiro atoms. The minimum Gasteiger partial charge on any atom is -0.338 e. The van der Waals surface area contributed by atoms with Crippen molar-refractivity contribution >= 4 is 32.7 Å². The van der Waals surface area contributed by atoms with Crippen molar-refractivity contribution in [2.24, 2.45) is 4.99 Å². The van der Waals surface area contributed by atoms with Gasteiger partial charge in [-0.2, -0.15) is 0 Å². The SMILES string of the molecule is Cc1ccc(C2=Nc3c(Nc4cccc(C)c4)ncnc3S(=O)(=O)c3ccc(C)cc32)cc1. The highest BCUT2D eigenvalue weighted by atomic mass is 32.2. The van der Waals surface area contributed by atoms with Crippen molar-refractivity contribution in [3.05, 3.63) is 101 Å². The zero-order chi connectivity index (χ0) is 23.2. The Kier molecular flexibility index (Phi) is 5.06. The first-order chi connectivity index (χ1) is 15.8. The molecular weight excluding hydrogens is 432 g/mol. The standard InChI is InChI=1S/C26H22N4O2S/c1-16-7-10-19(11-8-16)23-21-14-18(3)9-12-22(21)33(31,32)26-24(30-23)25(27-15-28-26)29-20-6-4-5-17(2)13-20/h4-15H,1-3H3,(H,27,28,29). The Balaban J connectivity index is 1.80. The second-order valence-electron chi connectivity index (χ2n) is 8.20. The predicted octanol–water partition coefficient (Wildman–Crippen LogP) is 5.46. The van der Waals surface area contributed by atoms with Crippen molar-refractivity contribution in [2.45, 2.75) is 30.7 Å². The van der Waals surface area contributed by atoms with E-state index in [2.05, 4.69) is 15.3 Å². The molecule has 1 aromatic heterocycles. The molecule has 4 aromatic rings. The molecule has 0 unspecified atom stereocenters. The molecule has 3 aromatic carbocycles. The van der Waals surface area contributed by atoms with Gasteiger partial charge in [0.2, 0.25) is 9.84 Å². The molecule has 1 N–H and O–H groups in total. The number of rotatable bonds is 3. The molecule has 0 radical (unpaired) electrons. The van der Waals surface area contributed by atoms with E-state index in [4.69, 9.17) is 4.99 Å². The molecule has 6 nitrogen and oxygen atoms in total. The monoisotopic (exact) mass is 454 g/mol. The maximum Gasteiger partial charge on any atom is 0.226 e. The second kappa shape index (κ2) is 7.94. The number of hydrogen-bond acceptors (Lipinski definition) is 6. The van der Waals surface area contributed by atoms with E-state index >= 15 is 0 Å². The van der Waals surface area contributed by atoms with Gasteiger partial charge in [0.25, 0.3) is 0 Å². The fraction of sp³-hybridized carbons (Fsp3) is 0.115. The summed E-state index contributed by atoms with van der Waals surface area (Å²) < 4.78 is 27.5. The quantitative estimate of drug-likeness (QED) is 0.366. The fourth-order valence-corrected chi connectivity index (χ4v) is 5.37. The zero-order valence-electron chi connectivity index (χ0n) is 18.5. The maximum atomic E-state index is 13.7. The lowest BCUT2D eigenvalue weighted by molar-refractivity contribution is 0.592. The van der Waals surface area contributed by atoms with Gasteiger partial charge in [-0.05, 0) is 50.6 Å². The summed E-state index contributed by atoms with van der Waals surface area (Å²) in [5.74, 6) is 0.336. The number of nitrogens with one attached hydrogen (secondary N) is 1. The van der Waals surface area contributed by atoms with E-state index in [-0.39, 0.29) is 15.6 Å². The van der Waals surface area contributed by atoms with Crippen LogP contribution in [0.4, 0.5) is 17.2 Å². The molecule has 164 valence electrons. The van der Waals surface area contributed by atoms with Gasteiger partial charge in [0, 0.05) is 16.8 Å². The lowest BCUT2D eigenvalue weighted by Gasteiger charge is -2.11. The summed E-state index contributed by atoms with van der Waals surface area (Å²) in [7, 11) is -3.93. The first kappa shape index (κ1) is 21.0. The van der Waals surface area contributed by atoms with Gasteiger partial charge in [-0.25, -0.2) is 23.4 Å². The number of sulfone groups is 1. The molecule has 2 heterocycles. The van der Waals surface area contributed by atoms with Crippen molar-refractivity contribution < 1.29 is 8.42 Å². The van der Waals surface area contributed by atoms with E-state index in [0.29, 0.717) is 17.1 Å². The maximum absolute atomic E-state index is 13.7. The van der Waals surface area contributed by atoms with Crippen LogP contribution in [0, 0.1) is 20.8 Å². The minimum atomic E-state index is -3.93. The molecular formula is C26H22N4O2S. The summed E-state index contributed by atoms with van der Waals surface area (Å²) in [5.41, 5.74) is 6.05. The van der Waals surface area contributed by atoms with Crippen molar-refractivity contribution in [3.63, 3.8) is 0 Å². The predicted molar refractivity (Wildman–Crippen MR) is 130 cm³/mol. The van der Waals surface area contributed by atoms with Gasteiger partial charge in [-0.1, -0.05) is 53.6 Å². The Morgan fingerprint density at radius 1 is 0.788 bits per heavy atom. The number of fused-ring (bicyclic) bond motifs is 2. The Labute approximate surface area is 193 Å². The van der Waals surface area contributed by atoms with Crippen LogP contribution in [-0.2, 0) is 9.84 Å². The second-order valence-corrected chi connectivity index (χ2v) is 10.0. The van der Waals surface area contributed by atoms with Crippen LogP contribution in [0.1, 0.15) is 27.8 Å². The van der Waals surface area contributed by atoms with E-state index in [1.807, 2.05) is 75.4 Å². The number of hydrogen-bond donors (Lipinski definition) is 1. The lowest BCUT2D eigenvalue weighted by Crippen LogP contribution is -2.10. The summed E-state index contributed by atoms with van der Waals surface area (Å²) >= 11 is 0. The molecule has 0 atom stereocenters. The van der Waals surface area contributed by atoms with E-state index in [1.165, 1.54) is 6.33 Å². The normalized spacial score (nSPS) is 14.0. The third-order valence-electron chi connectivity index (χ3n) is 5.55. The third kappa shape index (κ3) is 3.81. The third-order valence-corrected chi connectivity index (χ3v) is 7.30. The topological polar surface area (TPSA) is 84.3 Å². The van der Waals surface area contributed by atoms with Crippen molar-refractivity contribution in [3.8, 4) is 0 Å². The largest absolute Gasteiger partial charge is 0.338 e. The molecule has 1 aliphatic rings. The van der Waals surface area contributed by atoms with E-state index in [9.17, 15) is 8.42 Å². The number of nitrogens with zero attached hydrogens (tertiary/aromatic N) is 3. The minimum absolute atomic E-state index is 0.111. The fourth-order valence-electron chi connectivity index (χ4n) is 3.88. The molecule has 0 amide bonds. The van der Waals surface area contributed by atoms with Gasteiger partial charge < -0.3 is 5.32 Å². The first-order valence-electron chi connectivity index (χ1n) is 10.5. The van der Waals surface area contributed by atoms with Crippen molar-refractivity contribution in [2.75, 3.05) is 5.32 Å². The molecule has 7 heteroatoms. The average molecular weight is 455 g/mol. The zero-order valence-corrected chi connectivity index (χ0v) is 19.3. The smallest absolute Gasteiger partial charge is 0.226 e. The van der Waals surface area contributed by atoms with Crippen LogP contribution in [0.25, 0.3) is 0 Å². The summed E-state index contributed by atoms with van der Waals surface area (Å²) in [6.45, 7) is 5.93. The summed E-state index contributed by atoms with van der Waals surface area (Å²) in [6.07, 6.45) is 1.26. The Hall–Kier alpha value is -3.84. The van der Waals surface area contributed by atoms with Gasteiger partial charge in [0.15, 0.2) is 10.8 Å². The van der Waals surface area contributed by atoms with Gasteiger partial charge in [-0.3, -0.25) is 0 Å². The number of aliphatic imine (C=N–C) groups is 1. The van der Waals surface area contributed by atoms with Crippen LogP contribution in [0.15, 0.2) is 88.0 Å². The summed E-state index contributed by atoms with van der Waals surface area (Å²) in [5, 5.41) is 3.12. The Morgan fingerprint density at radius 3 is 2.27 bits per heavy atom. The molecule has 0 bridgehead atoms. The van der Waals surface area contributed by atoms with Gasteiger partial charge in [0.1, 0.15) is 12.0 Å². The van der Waals surface area contributed by atoms with Crippen LogP contribution in [0.5, 0.6) is 0 Å². The molecule has 0 aliphatic carbocycles. The van der Waals surface area contributed by atoms with Crippen LogP contribution in [-0.4, -0.2) is 24.1 Å². The van der Waals surface area contributed by atoms with Crippen LogP contribution in [0.3, 0.4) is 0 Å². The molecule has 33 heavy (non-hydrogen) atoms. The van der Waals surface area contributed by atoms with Gasteiger partial charge in [-0.15, -0.1) is 0 Å². The van der Waals surface area contributed by atoms with E-state index < -0.39 is 9.84 Å². The van der Waals surface area contributed by atoms with E-state index in [0.717, 1.165) is 27.9 Å². The molecule has 5 rings (SSSR count). The molecule has 0 saturated heterocycles. The number of benzene rings is 3. The number of anilines is 2. The summed E-state index contributed by atoms with van der Waals surface area (Å²) in [4.78, 5) is 13.6. The van der Waals surface area contributed by atoms with Crippen LogP contribution < -0.4 is 5.32 Å². The van der Waals surface area contributed by atoms with Crippen LogP contribution >= 0.6 is 0 Å². The molecule has 0 fully saturated rings. The van der Waals surface area contributed by atoms with Gasteiger partial charge in [0.05, 0.1) is 10.6 Å². The van der Waals surface area contributed by atoms with Crippen LogP contribution in [0.2, 0.25) is 0 Å². The van der Waals surface area contributed by atoms with Crippen molar-refractivity contribution in [1.82, 2.24) is 9.97 Å². The number of aryl methyl sites for hydroxylation is 3. The molecule has 0 saturated carbocycles. The highest BCUT2D eigenvalue weighted by Crippen LogP contribution is 2.40. The van der Waals surface area contributed by atoms with Gasteiger partial charge >= 0.3 is 0 Å². The number of aromatic nitrogens is 2. The highest BCUT2D eigenvalue weighted by Gasteiger charge is 2.33. The van der Waals surface area contributed by atoms with E-state index in [1.54, 1.807) is 12.1 Å². The lowest BCUT2D eigenvalue weighted by atomic mass is 9.99. The first-order valence-corrected chi connectivity index (χ1v) is 12.0.